The van der Waals surface area contributed by atoms with Crippen molar-refractivity contribution in [2.75, 3.05) is 5.32 Å². The highest BCUT2D eigenvalue weighted by atomic mass is 16.3. The zero-order valence-corrected chi connectivity index (χ0v) is 12.4. The largest absolute Gasteiger partial charge is 0.469 e. The lowest BCUT2D eigenvalue weighted by Gasteiger charge is -2.21. The van der Waals surface area contributed by atoms with Crippen LogP contribution >= 0.6 is 0 Å². The number of fused-ring (bicyclic) bond motifs is 1. The maximum atomic E-state index is 12.3. The lowest BCUT2D eigenvalue weighted by Crippen LogP contribution is -2.20. The van der Waals surface area contributed by atoms with Gasteiger partial charge in [-0.3, -0.25) is 4.79 Å². The Kier molecular flexibility index (Phi) is 3.38. The van der Waals surface area contributed by atoms with E-state index in [0.29, 0.717) is 24.4 Å². The van der Waals surface area contributed by atoms with E-state index in [1.807, 2.05) is 42.5 Å². The first-order chi connectivity index (χ1) is 11.3. The molecular formula is C18H15N3O2. The van der Waals surface area contributed by atoms with Crippen LogP contribution in [0.25, 0.3) is 0 Å². The van der Waals surface area contributed by atoms with Crippen LogP contribution in [-0.4, -0.2) is 15.8 Å². The number of para-hydroxylation sites is 1. The van der Waals surface area contributed by atoms with Gasteiger partial charge in [0.1, 0.15) is 5.76 Å². The molecule has 114 valence electrons. The van der Waals surface area contributed by atoms with E-state index in [-0.39, 0.29) is 11.7 Å². The summed E-state index contributed by atoms with van der Waals surface area (Å²) in [5.41, 5.74) is 2.31. The zero-order valence-electron chi connectivity index (χ0n) is 12.4. The average Bonchev–Trinajstić information content (AvgIpc) is 3.10. The van der Waals surface area contributed by atoms with Crippen LogP contribution in [0, 0.1) is 0 Å². The number of nitrogens with zero attached hydrogens (tertiary/aromatic N) is 2. The van der Waals surface area contributed by atoms with Crippen LogP contribution in [0.4, 0.5) is 11.6 Å². The van der Waals surface area contributed by atoms with Gasteiger partial charge in [-0.2, -0.15) is 0 Å². The molecule has 0 radical (unpaired) electrons. The van der Waals surface area contributed by atoms with Crippen molar-refractivity contribution in [2.24, 2.45) is 0 Å². The number of anilines is 2. The van der Waals surface area contributed by atoms with Crippen LogP contribution in [-0.2, 0) is 6.42 Å². The molecule has 0 unspecified atom stereocenters. The Morgan fingerprint density at radius 3 is 2.74 bits per heavy atom. The van der Waals surface area contributed by atoms with Gasteiger partial charge >= 0.3 is 0 Å². The van der Waals surface area contributed by atoms with Crippen molar-refractivity contribution in [3.8, 4) is 0 Å². The van der Waals surface area contributed by atoms with E-state index in [4.69, 9.17) is 4.42 Å². The number of nitrogens with one attached hydrogen (secondary N) is 1. The number of hydrogen-bond donors (Lipinski definition) is 1. The monoisotopic (exact) mass is 305 g/mol. The Hall–Kier alpha value is -2.95. The fourth-order valence-electron chi connectivity index (χ4n) is 2.88. The van der Waals surface area contributed by atoms with Crippen molar-refractivity contribution >= 4 is 17.4 Å². The average molecular weight is 305 g/mol. The number of benzene rings is 1. The summed E-state index contributed by atoms with van der Waals surface area (Å²) in [5, 5.41) is 3.16. The summed E-state index contributed by atoms with van der Waals surface area (Å²) < 4.78 is 5.45. The number of Topliss-reactive ketones (excluding diaryl/α,β-unsaturated/α-hetero) is 1. The quantitative estimate of drug-likeness (QED) is 0.798. The van der Waals surface area contributed by atoms with E-state index in [0.717, 1.165) is 17.1 Å². The second kappa shape index (κ2) is 5.68. The number of carbonyl (C=O) groups is 1. The molecule has 0 spiro atoms. The van der Waals surface area contributed by atoms with Crippen molar-refractivity contribution < 1.29 is 9.21 Å². The number of carbonyl (C=O) groups excluding carboxylic acids is 1. The molecule has 3 aromatic rings. The normalized spacial score (nSPS) is 16.9. The van der Waals surface area contributed by atoms with Crippen molar-refractivity contribution in [3.05, 3.63) is 71.9 Å². The predicted molar refractivity (Wildman–Crippen MR) is 85.9 cm³/mol. The lowest BCUT2D eigenvalue weighted by atomic mass is 9.85. The first-order valence-electron chi connectivity index (χ1n) is 7.54. The fraction of sp³-hybridized carbons (Fsp3) is 0.167. The molecule has 23 heavy (non-hydrogen) atoms. The minimum Gasteiger partial charge on any atom is -0.469 e. The van der Waals surface area contributed by atoms with Gasteiger partial charge in [0.05, 0.1) is 17.5 Å². The summed E-state index contributed by atoms with van der Waals surface area (Å²) in [5.74, 6) is 1.45. The van der Waals surface area contributed by atoms with Crippen molar-refractivity contribution in [1.29, 1.82) is 0 Å². The molecule has 1 aliphatic rings. The number of furan rings is 1. The van der Waals surface area contributed by atoms with Crippen LogP contribution in [0.5, 0.6) is 0 Å². The Morgan fingerprint density at radius 2 is 1.96 bits per heavy atom. The van der Waals surface area contributed by atoms with Gasteiger partial charge in [-0.1, -0.05) is 18.2 Å². The van der Waals surface area contributed by atoms with Crippen LogP contribution in [0.2, 0.25) is 0 Å². The van der Waals surface area contributed by atoms with Gasteiger partial charge in [0.25, 0.3) is 0 Å². The molecule has 2 heterocycles. The lowest BCUT2D eigenvalue weighted by molar-refractivity contribution is 0.0958. The Bertz CT molecular complexity index is 829. The number of hydrogen-bond acceptors (Lipinski definition) is 5. The molecule has 5 nitrogen and oxygen atoms in total. The first kappa shape index (κ1) is 13.7. The Morgan fingerprint density at radius 1 is 1.09 bits per heavy atom. The smallest absolute Gasteiger partial charge is 0.227 e. The van der Waals surface area contributed by atoms with Crippen molar-refractivity contribution in [1.82, 2.24) is 9.97 Å². The molecule has 1 atom stereocenters. The molecule has 1 aliphatic carbocycles. The topological polar surface area (TPSA) is 68.0 Å². The predicted octanol–water partition coefficient (Wildman–Crippen LogP) is 3.73. The van der Waals surface area contributed by atoms with Gasteiger partial charge in [0, 0.05) is 30.6 Å². The minimum atomic E-state index is 0.0458. The standard InChI is InChI=1S/C18H15N3O2/c22-16-10-12(17-7-4-8-23-17)9-15-14(16)11-19-18(21-15)20-13-5-2-1-3-6-13/h1-8,11-12H,9-10H2,(H,19,20,21)/t12-/m0/s1. The summed E-state index contributed by atoms with van der Waals surface area (Å²) in [6.45, 7) is 0. The summed E-state index contributed by atoms with van der Waals surface area (Å²) in [7, 11) is 0. The van der Waals surface area contributed by atoms with Crippen LogP contribution < -0.4 is 5.32 Å². The molecule has 0 fully saturated rings. The maximum absolute atomic E-state index is 12.3. The second-order valence-electron chi connectivity index (χ2n) is 5.59. The van der Waals surface area contributed by atoms with E-state index in [9.17, 15) is 4.79 Å². The van der Waals surface area contributed by atoms with Crippen molar-refractivity contribution in [3.63, 3.8) is 0 Å². The first-order valence-corrected chi connectivity index (χ1v) is 7.54. The van der Waals surface area contributed by atoms with Crippen LogP contribution in [0.3, 0.4) is 0 Å². The highest BCUT2D eigenvalue weighted by Crippen LogP contribution is 2.32. The molecule has 4 rings (SSSR count). The zero-order chi connectivity index (χ0) is 15.6. The van der Waals surface area contributed by atoms with Gasteiger partial charge in [0.2, 0.25) is 5.95 Å². The highest BCUT2D eigenvalue weighted by Gasteiger charge is 2.29. The summed E-state index contributed by atoms with van der Waals surface area (Å²) >= 11 is 0. The van der Waals surface area contributed by atoms with E-state index in [1.165, 1.54) is 0 Å². The van der Waals surface area contributed by atoms with Gasteiger partial charge in [-0.25, -0.2) is 9.97 Å². The third-order valence-electron chi connectivity index (χ3n) is 4.02. The van der Waals surface area contributed by atoms with Crippen molar-refractivity contribution in [2.45, 2.75) is 18.8 Å². The molecule has 5 heteroatoms. The Balaban J connectivity index is 1.63. The van der Waals surface area contributed by atoms with E-state index >= 15 is 0 Å². The van der Waals surface area contributed by atoms with Crippen LogP contribution in [0.1, 0.15) is 34.2 Å². The molecule has 0 saturated carbocycles. The minimum absolute atomic E-state index is 0.0458. The van der Waals surface area contributed by atoms with Gasteiger partial charge in [-0.05, 0) is 24.3 Å². The number of aromatic nitrogens is 2. The Labute approximate surface area is 133 Å². The summed E-state index contributed by atoms with van der Waals surface area (Å²) in [6.07, 6.45) is 4.38. The van der Waals surface area contributed by atoms with Gasteiger partial charge in [-0.15, -0.1) is 0 Å². The molecular weight excluding hydrogens is 290 g/mol. The molecule has 1 aromatic carbocycles. The molecule has 0 bridgehead atoms. The summed E-state index contributed by atoms with van der Waals surface area (Å²) in [6, 6.07) is 13.5. The molecule has 0 saturated heterocycles. The molecule has 1 N–H and O–H groups in total. The number of rotatable bonds is 3. The van der Waals surface area contributed by atoms with E-state index in [1.54, 1.807) is 12.5 Å². The SMILES string of the molecule is O=C1C[C@@H](c2ccco2)Cc2nc(Nc3ccccc3)ncc21. The highest BCUT2D eigenvalue weighted by molar-refractivity contribution is 5.98. The third-order valence-corrected chi connectivity index (χ3v) is 4.02. The summed E-state index contributed by atoms with van der Waals surface area (Å²) in [4.78, 5) is 21.1. The van der Waals surface area contributed by atoms with Gasteiger partial charge < -0.3 is 9.73 Å². The molecule has 2 aromatic heterocycles. The van der Waals surface area contributed by atoms with E-state index in [2.05, 4.69) is 15.3 Å². The maximum Gasteiger partial charge on any atom is 0.227 e. The second-order valence-corrected chi connectivity index (χ2v) is 5.59. The number of ketones is 1. The molecule has 0 amide bonds. The third kappa shape index (κ3) is 2.73. The van der Waals surface area contributed by atoms with E-state index < -0.39 is 0 Å². The fourth-order valence-corrected chi connectivity index (χ4v) is 2.88. The van der Waals surface area contributed by atoms with Gasteiger partial charge in [0.15, 0.2) is 5.78 Å². The van der Waals surface area contributed by atoms with Crippen LogP contribution in [0.15, 0.2) is 59.3 Å². The molecule has 0 aliphatic heterocycles.